The monoisotopic (exact) mass is 250 g/mol. The lowest BCUT2D eigenvalue weighted by Gasteiger charge is -2.01. The predicted octanol–water partition coefficient (Wildman–Crippen LogP) is 1.99. The van der Waals surface area contributed by atoms with Crippen LogP contribution in [0.15, 0.2) is 30.3 Å². The average Bonchev–Trinajstić information content (AvgIpc) is 2.41. The Labute approximate surface area is 101 Å². The Balaban J connectivity index is 2.32. The van der Waals surface area contributed by atoms with Crippen molar-refractivity contribution >= 4 is 5.78 Å². The van der Waals surface area contributed by atoms with E-state index in [1.807, 2.05) is 0 Å². The minimum Gasteiger partial charge on any atom is -0.480 e. The van der Waals surface area contributed by atoms with Gasteiger partial charge in [-0.05, 0) is 24.3 Å². The molecule has 0 unspecified atom stereocenters. The maximum absolute atomic E-state index is 13.0. The molecule has 18 heavy (non-hydrogen) atoms. The second-order valence-corrected chi connectivity index (χ2v) is 3.42. The highest BCUT2D eigenvalue weighted by Gasteiger charge is 2.13. The molecule has 0 aliphatic rings. The van der Waals surface area contributed by atoms with Crippen LogP contribution in [0.5, 0.6) is 5.88 Å². The van der Waals surface area contributed by atoms with Gasteiger partial charge in [-0.15, -0.1) is 10.2 Å². The summed E-state index contributed by atoms with van der Waals surface area (Å²) in [5.41, 5.74) is 0.0372. The number of ketones is 1. The summed E-state index contributed by atoms with van der Waals surface area (Å²) in [5, 5.41) is 7.26. The molecular weight excluding hydrogens is 242 g/mol. The molecule has 0 radical (unpaired) electrons. The second kappa shape index (κ2) is 4.87. The lowest BCUT2D eigenvalue weighted by molar-refractivity contribution is 0.103. The van der Waals surface area contributed by atoms with Crippen LogP contribution >= 0.6 is 0 Å². The maximum atomic E-state index is 13.0. The number of hydrogen-bond donors (Lipinski definition) is 0. The van der Waals surface area contributed by atoms with Crippen LogP contribution in [-0.2, 0) is 0 Å². The van der Waals surface area contributed by atoms with Crippen LogP contribution in [0.4, 0.5) is 8.78 Å². The van der Waals surface area contributed by atoms with E-state index < -0.39 is 17.4 Å². The number of benzene rings is 1. The van der Waals surface area contributed by atoms with Crippen molar-refractivity contribution in [3.05, 3.63) is 53.2 Å². The molecular formula is C12H8F2N2O2. The van der Waals surface area contributed by atoms with Gasteiger partial charge in [0, 0.05) is 11.6 Å². The molecule has 4 nitrogen and oxygen atoms in total. The number of carbonyl (C=O) groups is 1. The minimum atomic E-state index is -1.08. The van der Waals surface area contributed by atoms with E-state index >= 15 is 0 Å². The number of rotatable bonds is 3. The second-order valence-electron chi connectivity index (χ2n) is 3.42. The van der Waals surface area contributed by atoms with Crippen LogP contribution in [0.1, 0.15) is 16.1 Å². The standard InChI is InChI=1S/C12H8F2N2O2/c1-18-11-5-4-10(15-16-11)12(17)7-2-3-8(13)9(14)6-7/h2-6H,1H3. The van der Waals surface area contributed by atoms with Gasteiger partial charge in [0.1, 0.15) is 5.69 Å². The third kappa shape index (κ3) is 2.32. The molecule has 0 saturated heterocycles. The zero-order valence-electron chi connectivity index (χ0n) is 9.35. The summed E-state index contributed by atoms with van der Waals surface area (Å²) in [6, 6.07) is 5.76. The largest absolute Gasteiger partial charge is 0.480 e. The Hall–Kier alpha value is -2.37. The Bertz CT molecular complexity index is 585. The van der Waals surface area contributed by atoms with Crippen molar-refractivity contribution in [2.24, 2.45) is 0 Å². The van der Waals surface area contributed by atoms with Crippen molar-refractivity contribution in [2.45, 2.75) is 0 Å². The van der Waals surface area contributed by atoms with Crippen LogP contribution in [0.25, 0.3) is 0 Å². The number of methoxy groups -OCH3 is 1. The van der Waals surface area contributed by atoms with E-state index in [1.165, 1.54) is 25.3 Å². The molecule has 2 rings (SSSR count). The molecule has 0 amide bonds. The Morgan fingerprint density at radius 1 is 1.11 bits per heavy atom. The summed E-state index contributed by atoms with van der Waals surface area (Å²) in [6.07, 6.45) is 0. The Morgan fingerprint density at radius 3 is 2.44 bits per heavy atom. The Morgan fingerprint density at radius 2 is 1.89 bits per heavy atom. The molecule has 2 aromatic rings. The lowest BCUT2D eigenvalue weighted by atomic mass is 10.1. The van der Waals surface area contributed by atoms with Crippen molar-refractivity contribution in [2.75, 3.05) is 7.11 Å². The number of halogens is 2. The predicted molar refractivity (Wildman–Crippen MR) is 58.4 cm³/mol. The number of nitrogens with zero attached hydrogens (tertiary/aromatic N) is 2. The van der Waals surface area contributed by atoms with Gasteiger partial charge in [-0.1, -0.05) is 0 Å². The summed E-state index contributed by atoms with van der Waals surface area (Å²) < 4.78 is 30.5. The zero-order chi connectivity index (χ0) is 13.1. The third-order valence-corrected chi connectivity index (χ3v) is 2.26. The lowest BCUT2D eigenvalue weighted by Crippen LogP contribution is -2.06. The molecule has 0 saturated carbocycles. The van der Waals surface area contributed by atoms with Gasteiger partial charge in [-0.25, -0.2) is 8.78 Å². The topological polar surface area (TPSA) is 52.1 Å². The fourth-order valence-corrected chi connectivity index (χ4v) is 1.34. The summed E-state index contributed by atoms with van der Waals surface area (Å²) in [5.74, 6) is -2.37. The molecule has 0 atom stereocenters. The summed E-state index contributed by atoms with van der Waals surface area (Å²) in [4.78, 5) is 11.9. The maximum Gasteiger partial charge on any atom is 0.233 e. The SMILES string of the molecule is COc1ccc(C(=O)c2ccc(F)c(F)c2)nn1. The van der Waals surface area contributed by atoms with Crippen LogP contribution in [0.3, 0.4) is 0 Å². The summed E-state index contributed by atoms with van der Waals surface area (Å²) >= 11 is 0. The first-order valence-electron chi connectivity index (χ1n) is 4.99. The summed E-state index contributed by atoms with van der Waals surface area (Å²) in [7, 11) is 1.42. The average molecular weight is 250 g/mol. The third-order valence-electron chi connectivity index (χ3n) is 2.26. The van der Waals surface area contributed by atoms with Crippen molar-refractivity contribution in [1.29, 1.82) is 0 Å². The fraction of sp³-hybridized carbons (Fsp3) is 0.0833. The molecule has 0 N–H and O–H groups in total. The van der Waals surface area contributed by atoms with Gasteiger partial charge in [-0.3, -0.25) is 4.79 Å². The molecule has 6 heteroatoms. The van der Waals surface area contributed by atoms with E-state index in [-0.39, 0.29) is 17.1 Å². The van der Waals surface area contributed by atoms with Gasteiger partial charge in [-0.2, -0.15) is 0 Å². The highest BCUT2D eigenvalue weighted by atomic mass is 19.2. The smallest absolute Gasteiger partial charge is 0.233 e. The molecule has 92 valence electrons. The van der Waals surface area contributed by atoms with Crippen molar-refractivity contribution < 1.29 is 18.3 Å². The van der Waals surface area contributed by atoms with E-state index in [2.05, 4.69) is 10.2 Å². The van der Waals surface area contributed by atoms with Crippen molar-refractivity contribution in [3.63, 3.8) is 0 Å². The zero-order valence-corrected chi connectivity index (χ0v) is 9.35. The van der Waals surface area contributed by atoms with Crippen LogP contribution in [0.2, 0.25) is 0 Å². The fourth-order valence-electron chi connectivity index (χ4n) is 1.34. The van der Waals surface area contributed by atoms with Crippen LogP contribution < -0.4 is 4.74 Å². The van der Waals surface area contributed by atoms with Crippen LogP contribution in [-0.4, -0.2) is 23.1 Å². The van der Waals surface area contributed by atoms with Gasteiger partial charge < -0.3 is 4.74 Å². The molecule has 0 aliphatic heterocycles. The number of ether oxygens (including phenoxy) is 1. The molecule has 0 spiro atoms. The first-order chi connectivity index (χ1) is 8.61. The van der Waals surface area contributed by atoms with Gasteiger partial charge in [0.15, 0.2) is 11.6 Å². The van der Waals surface area contributed by atoms with Gasteiger partial charge >= 0.3 is 0 Å². The molecule has 1 aromatic heterocycles. The molecule has 0 fully saturated rings. The normalized spacial score (nSPS) is 10.2. The van der Waals surface area contributed by atoms with Crippen molar-refractivity contribution in [1.82, 2.24) is 10.2 Å². The molecule has 0 aliphatic carbocycles. The van der Waals surface area contributed by atoms with Gasteiger partial charge in [0.25, 0.3) is 0 Å². The number of hydrogen-bond acceptors (Lipinski definition) is 4. The molecule has 1 heterocycles. The van der Waals surface area contributed by atoms with Gasteiger partial charge in [0.05, 0.1) is 7.11 Å². The van der Waals surface area contributed by atoms with E-state index in [9.17, 15) is 13.6 Å². The van der Waals surface area contributed by atoms with Gasteiger partial charge in [0.2, 0.25) is 11.7 Å². The van der Waals surface area contributed by atoms with E-state index in [0.29, 0.717) is 0 Å². The first-order valence-corrected chi connectivity index (χ1v) is 4.99. The number of aromatic nitrogens is 2. The number of carbonyl (C=O) groups excluding carboxylic acids is 1. The van der Waals surface area contributed by atoms with E-state index in [1.54, 1.807) is 0 Å². The molecule has 0 bridgehead atoms. The van der Waals surface area contributed by atoms with E-state index in [4.69, 9.17) is 4.74 Å². The highest BCUT2D eigenvalue weighted by molar-refractivity contribution is 6.07. The highest BCUT2D eigenvalue weighted by Crippen LogP contribution is 2.13. The quantitative estimate of drug-likeness (QED) is 0.782. The summed E-state index contributed by atoms with van der Waals surface area (Å²) in [6.45, 7) is 0. The molecule has 1 aromatic carbocycles. The van der Waals surface area contributed by atoms with Crippen molar-refractivity contribution in [3.8, 4) is 5.88 Å². The van der Waals surface area contributed by atoms with E-state index in [0.717, 1.165) is 12.1 Å². The van der Waals surface area contributed by atoms with Crippen LogP contribution in [0, 0.1) is 11.6 Å². The Kier molecular flexibility index (Phi) is 3.27. The first kappa shape index (κ1) is 12.1. The minimum absolute atomic E-state index is 0.00775.